The van der Waals surface area contributed by atoms with Crippen molar-refractivity contribution >= 4 is 5.97 Å². The molecule has 1 heterocycles. The Bertz CT molecular complexity index is 571. The van der Waals surface area contributed by atoms with Crippen LogP contribution in [0.25, 0.3) is 11.3 Å². The first-order valence-corrected chi connectivity index (χ1v) is 5.02. The maximum Gasteiger partial charge on any atom is 0.356 e. The van der Waals surface area contributed by atoms with Gasteiger partial charge < -0.3 is 5.11 Å². The van der Waals surface area contributed by atoms with Crippen molar-refractivity contribution in [3.63, 3.8) is 0 Å². The van der Waals surface area contributed by atoms with Crippen LogP contribution in [-0.4, -0.2) is 21.0 Å². The van der Waals surface area contributed by atoms with Gasteiger partial charge in [-0.05, 0) is 0 Å². The Balaban J connectivity index is 2.36. The van der Waals surface area contributed by atoms with Crippen LogP contribution < -0.4 is 0 Å². The van der Waals surface area contributed by atoms with Gasteiger partial charge in [-0.2, -0.15) is 0 Å². The topological polar surface area (TPSA) is 63.1 Å². The number of aromatic nitrogens is 2. The molecule has 0 aliphatic carbocycles. The molecule has 1 aromatic carbocycles. The van der Waals surface area contributed by atoms with Crippen LogP contribution in [0, 0.1) is 0 Å². The van der Waals surface area contributed by atoms with Crippen molar-refractivity contribution in [1.29, 1.82) is 0 Å². The van der Waals surface area contributed by atoms with Crippen molar-refractivity contribution in [2.45, 2.75) is 6.43 Å². The van der Waals surface area contributed by atoms with Gasteiger partial charge in [0.15, 0.2) is 5.69 Å². The Morgan fingerprint density at radius 2 is 1.83 bits per heavy atom. The molecule has 0 saturated carbocycles. The molecule has 6 heteroatoms. The molecule has 0 atom stereocenters. The monoisotopic (exact) mass is 250 g/mol. The second-order valence-corrected chi connectivity index (χ2v) is 3.52. The zero-order valence-corrected chi connectivity index (χ0v) is 9.05. The number of rotatable bonds is 3. The Morgan fingerprint density at radius 3 is 2.39 bits per heavy atom. The fourth-order valence-electron chi connectivity index (χ4n) is 1.41. The molecule has 0 spiro atoms. The van der Waals surface area contributed by atoms with Crippen LogP contribution in [0.1, 0.15) is 22.5 Å². The van der Waals surface area contributed by atoms with Gasteiger partial charge in [0.25, 0.3) is 6.43 Å². The van der Waals surface area contributed by atoms with E-state index in [4.69, 9.17) is 5.11 Å². The van der Waals surface area contributed by atoms with Gasteiger partial charge in [0.05, 0.1) is 18.1 Å². The SMILES string of the molecule is O=C(O)c1cncc(-c2ccc(C(F)F)cc2)n1. The second-order valence-electron chi connectivity index (χ2n) is 3.52. The summed E-state index contributed by atoms with van der Waals surface area (Å²) < 4.78 is 24.7. The minimum absolute atomic E-state index is 0.0962. The molecular weight excluding hydrogens is 242 g/mol. The van der Waals surface area contributed by atoms with E-state index in [2.05, 4.69) is 9.97 Å². The van der Waals surface area contributed by atoms with Crippen molar-refractivity contribution in [3.8, 4) is 11.3 Å². The Kier molecular flexibility index (Phi) is 3.27. The van der Waals surface area contributed by atoms with E-state index >= 15 is 0 Å². The molecule has 0 amide bonds. The third kappa shape index (κ3) is 2.48. The van der Waals surface area contributed by atoms with Crippen molar-refractivity contribution < 1.29 is 18.7 Å². The van der Waals surface area contributed by atoms with Gasteiger partial charge >= 0.3 is 5.97 Å². The summed E-state index contributed by atoms with van der Waals surface area (Å²) in [5, 5.41) is 8.77. The zero-order chi connectivity index (χ0) is 13.1. The fraction of sp³-hybridized carbons (Fsp3) is 0.0833. The number of carboxylic acids is 1. The molecular formula is C12H8F2N2O2. The summed E-state index contributed by atoms with van der Waals surface area (Å²) in [6.07, 6.45) is -0.0288. The highest BCUT2D eigenvalue weighted by Crippen LogP contribution is 2.22. The summed E-state index contributed by atoms with van der Waals surface area (Å²) in [6.45, 7) is 0. The quantitative estimate of drug-likeness (QED) is 0.909. The number of hydrogen-bond acceptors (Lipinski definition) is 3. The summed E-state index contributed by atoms with van der Waals surface area (Å²) >= 11 is 0. The fourth-order valence-corrected chi connectivity index (χ4v) is 1.41. The lowest BCUT2D eigenvalue weighted by Gasteiger charge is -2.03. The molecule has 18 heavy (non-hydrogen) atoms. The van der Waals surface area contributed by atoms with Gasteiger partial charge in [0, 0.05) is 11.1 Å². The third-order valence-corrected chi connectivity index (χ3v) is 2.31. The molecule has 0 aliphatic rings. The molecule has 0 bridgehead atoms. The van der Waals surface area contributed by atoms with Crippen LogP contribution in [0.3, 0.4) is 0 Å². The lowest BCUT2D eigenvalue weighted by atomic mass is 10.1. The number of hydrogen-bond donors (Lipinski definition) is 1. The van der Waals surface area contributed by atoms with Crippen molar-refractivity contribution in [2.75, 3.05) is 0 Å². The third-order valence-electron chi connectivity index (χ3n) is 2.31. The molecule has 0 saturated heterocycles. The zero-order valence-electron chi connectivity index (χ0n) is 9.05. The average Bonchev–Trinajstić information content (AvgIpc) is 2.39. The first-order valence-electron chi connectivity index (χ1n) is 5.02. The standard InChI is InChI=1S/C12H8F2N2O2/c13-11(14)8-3-1-7(2-4-8)9-5-15-6-10(16-9)12(17)18/h1-6,11H,(H,17,18). The molecule has 2 aromatic rings. The molecule has 0 aliphatic heterocycles. The molecule has 1 aromatic heterocycles. The van der Waals surface area contributed by atoms with Crippen LogP contribution in [0.2, 0.25) is 0 Å². The van der Waals surface area contributed by atoms with E-state index < -0.39 is 12.4 Å². The van der Waals surface area contributed by atoms with E-state index in [1.165, 1.54) is 30.5 Å². The van der Waals surface area contributed by atoms with Gasteiger partial charge in [-0.1, -0.05) is 24.3 Å². The second kappa shape index (κ2) is 4.87. The maximum atomic E-state index is 12.4. The summed E-state index contributed by atoms with van der Waals surface area (Å²) in [7, 11) is 0. The Labute approximate surface area is 101 Å². The number of halogens is 2. The lowest BCUT2D eigenvalue weighted by molar-refractivity contribution is 0.0690. The summed E-state index contributed by atoms with van der Waals surface area (Å²) in [5.41, 5.74) is 0.581. The molecule has 1 N–H and O–H groups in total. The largest absolute Gasteiger partial charge is 0.476 e. The van der Waals surface area contributed by atoms with Crippen LogP contribution in [-0.2, 0) is 0 Å². The number of aromatic carboxylic acids is 1. The van der Waals surface area contributed by atoms with Gasteiger partial charge in [-0.3, -0.25) is 4.98 Å². The predicted molar refractivity (Wildman–Crippen MR) is 59.4 cm³/mol. The van der Waals surface area contributed by atoms with Crippen LogP contribution >= 0.6 is 0 Å². The number of carbonyl (C=O) groups is 1. The molecule has 92 valence electrons. The molecule has 0 fully saturated rings. The first-order chi connectivity index (χ1) is 8.58. The van der Waals surface area contributed by atoms with Gasteiger partial charge in [-0.15, -0.1) is 0 Å². The minimum Gasteiger partial charge on any atom is -0.476 e. The van der Waals surface area contributed by atoms with Crippen molar-refractivity contribution in [3.05, 3.63) is 47.9 Å². The van der Waals surface area contributed by atoms with E-state index in [0.717, 1.165) is 6.20 Å². The van der Waals surface area contributed by atoms with E-state index in [1.807, 2.05) is 0 Å². The van der Waals surface area contributed by atoms with Gasteiger partial charge in [-0.25, -0.2) is 18.6 Å². The van der Waals surface area contributed by atoms with E-state index in [0.29, 0.717) is 11.3 Å². The highest BCUT2D eigenvalue weighted by atomic mass is 19.3. The maximum absolute atomic E-state index is 12.4. The van der Waals surface area contributed by atoms with Crippen LogP contribution in [0.5, 0.6) is 0 Å². The molecule has 0 unspecified atom stereocenters. The molecule has 0 radical (unpaired) electrons. The number of carboxylic acid groups (broad SMARTS) is 1. The number of alkyl halides is 2. The molecule has 4 nitrogen and oxygen atoms in total. The van der Waals surface area contributed by atoms with E-state index in [-0.39, 0.29) is 11.3 Å². The van der Waals surface area contributed by atoms with Crippen molar-refractivity contribution in [1.82, 2.24) is 9.97 Å². The smallest absolute Gasteiger partial charge is 0.356 e. The highest BCUT2D eigenvalue weighted by Gasteiger charge is 2.09. The first kappa shape index (κ1) is 12.1. The molecule has 2 rings (SSSR count). The highest BCUT2D eigenvalue weighted by molar-refractivity contribution is 5.85. The van der Waals surface area contributed by atoms with Crippen LogP contribution in [0.4, 0.5) is 8.78 Å². The predicted octanol–water partition coefficient (Wildman–Crippen LogP) is 2.78. The lowest BCUT2D eigenvalue weighted by Crippen LogP contribution is -2.02. The number of nitrogens with zero attached hydrogens (tertiary/aromatic N) is 2. The van der Waals surface area contributed by atoms with Gasteiger partial charge in [0.1, 0.15) is 0 Å². The van der Waals surface area contributed by atoms with Gasteiger partial charge in [0.2, 0.25) is 0 Å². The van der Waals surface area contributed by atoms with E-state index in [9.17, 15) is 13.6 Å². The summed E-state index contributed by atoms with van der Waals surface area (Å²) in [5.74, 6) is -1.19. The van der Waals surface area contributed by atoms with Crippen LogP contribution in [0.15, 0.2) is 36.7 Å². The minimum atomic E-state index is -2.53. The Morgan fingerprint density at radius 1 is 1.17 bits per heavy atom. The van der Waals surface area contributed by atoms with E-state index in [1.54, 1.807) is 0 Å². The Hall–Kier alpha value is -2.37. The summed E-state index contributed by atoms with van der Waals surface area (Å²) in [6, 6.07) is 5.46. The normalized spacial score (nSPS) is 10.6. The van der Waals surface area contributed by atoms with Crippen molar-refractivity contribution in [2.24, 2.45) is 0 Å². The summed E-state index contributed by atoms with van der Waals surface area (Å²) in [4.78, 5) is 18.3. The number of benzene rings is 1. The average molecular weight is 250 g/mol.